The quantitative estimate of drug-likeness (QED) is 0.167. The Morgan fingerprint density at radius 3 is 1.70 bits per heavy atom. The van der Waals surface area contributed by atoms with Gasteiger partial charge in [0.2, 0.25) is 0 Å². The van der Waals surface area contributed by atoms with Gasteiger partial charge >= 0.3 is 0 Å². The number of fused-ring (bicyclic) bond motifs is 8. The second kappa shape index (κ2) is 13.7. The van der Waals surface area contributed by atoms with E-state index < -0.39 is 0 Å². The topological polar surface area (TPSA) is 16.4 Å². The summed E-state index contributed by atoms with van der Waals surface area (Å²) in [6.45, 7) is 4.73. The van der Waals surface area contributed by atoms with Gasteiger partial charge in [0.25, 0.3) is 0 Å². The third kappa shape index (κ3) is 5.56. The first-order valence-corrected chi connectivity index (χ1v) is 21.2. The van der Waals surface area contributed by atoms with Crippen LogP contribution in [0.1, 0.15) is 25.0 Å². The molecule has 0 atom stereocenters. The van der Waals surface area contributed by atoms with E-state index >= 15 is 0 Å². The number of hydrogen-bond acceptors (Lipinski definition) is 2. The molecule has 0 radical (unpaired) electrons. The lowest BCUT2D eigenvalue weighted by Gasteiger charge is -2.29. The molecule has 1 aromatic heterocycles. The van der Waals surface area contributed by atoms with Gasteiger partial charge in [0.15, 0.2) is 0 Å². The standard InChI is InChI=1S/C59H41NO/c1-59(2)53-25-9-7-19-48(53)51-24-12-22-47(58(51)59)40-30-34-44(35-31-40)60(43-32-28-39(29-33-43)46-21-11-17-38-14-5-6-18-45(38)46)54-26-10-8-20-49(54)50-23-13-27-55-57(50)52-36-41-15-3-4-16-42(41)37-56(52)61-55/h3-37H,1-2H3. The van der Waals surface area contributed by atoms with E-state index in [9.17, 15) is 0 Å². The van der Waals surface area contributed by atoms with E-state index in [2.05, 4.69) is 231 Å². The van der Waals surface area contributed by atoms with Crippen molar-refractivity contribution in [2.75, 3.05) is 4.90 Å². The van der Waals surface area contributed by atoms with Gasteiger partial charge in [0, 0.05) is 33.1 Å². The highest BCUT2D eigenvalue weighted by Crippen LogP contribution is 2.52. The minimum absolute atomic E-state index is 0.109. The smallest absolute Gasteiger partial charge is 0.136 e. The van der Waals surface area contributed by atoms with Gasteiger partial charge in [-0.05, 0) is 120 Å². The van der Waals surface area contributed by atoms with Crippen LogP contribution < -0.4 is 4.90 Å². The van der Waals surface area contributed by atoms with Crippen molar-refractivity contribution in [1.29, 1.82) is 0 Å². The molecule has 288 valence electrons. The summed E-state index contributed by atoms with van der Waals surface area (Å²) >= 11 is 0. The fourth-order valence-electron chi connectivity index (χ4n) is 10.2. The number of hydrogen-bond donors (Lipinski definition) is 0. The Kier molecular flexibility index (Phi) is 7.92. The van der Waals surface area contributed by atoms with Gasteiger partial charge in [0.1, 0.15) is 11.2 Å². The Hall–Kier alpha value is -7.68. The van der Waals surface area contributed by atoms with E-state index in [0.29, 0.717) is 0 Å². The summed E-state index contributed by atoms with van der Waals surface area (Å²) in [5.74, 6) is 0. The van der Waals surface area contributed by atoms with E-state index in [4.69, 9.17) is 4.42 Å². The molecule has 10 aromatic carbocycles. The summed E-state index contributed by atoms with van der Waals surface area (Å²) in [5.41, 5.74) is 17.5. The maximum Gasteiger partial charge on any atom is 0.136 e. The zero-order valence-corrected chi connectivity index (χ0v) is 34.1. The van der Waals surface area contributed by atoms with Crippen LogP contribution in [0.2, 0.25) is 0 Å². The Bertz CT molecular complexity index is 3490. The average Bonchev–Trinajstić information content (AvgIpc) is 3.80. The van der Waals surface area contributed by atoms with Crippen LogP contribution >= 0.6 is 0 Å². The highest BCUT2D eigenvalue weighted by atomic mass is 16.3. The van der Waals surface area contributed by atoms with Gasteiger partial charge in [-0.1, -0.05) is 178 Å². The lowest BCUT2D eigenvalue weighted by Crippen LogP contribution is -2.16. The highest BCUT2D eigenvalue weighted by molar-refractivity contribution is 6.16. The van der Waals surface area contributed by atoms with Crippen LogP contribution in [0.25, 0.3) is 88.0 Å². The van der Waals surface area contributed by atoms with E-state index in [-0.39, 0.29) is 5.41 Å². The van der Waals surface area contributed by atoms with Crippen molar-refractivity contribution in [2.24, 2.45) is 0 Å². The minimum Gasteiger partial charge on any atom is -0.456 e. The fourth-order valence-corrected chi connectivity index (χ4v) is 10.2. The van der Waals surface area contributed by atoms with Gasteiger partial charge in [-0.2, -0.15) is 0 Å². The Labute approximate surface area is 355 Å². The molecule has 0 saturated heterocycles. The molecule has 2 heteroatoms. The minimum atomic E-state index is -0.109. The summed E-state index contributed by atoms with van der Waals surface area (Å²) in [4.78, 5) is 2.41. The number of para-hydroxylation sites is 1. The van der Waals surface area contributed by atoms with Crippen LogP contribution in [0.4, 0.5) is 17.1 Å². The van der Waals surface area contributed by atoms with Crippen LogP contribution in [-0.2, 0) is 5.41 Å². The zero-order valence-electron chi connectivity index (χ0n) is 34.1. The molecule has 0 unspecified atom stereocenters. The SMILES string of the molecule is CC1(C)c2ccccc2-c2cccc(-c3ccc(N(c4ccc(-c5cccc6ccccc56)cc4)c4ccccc4-c4cccc5oc6cc7ccccc7cc6c45)cc3)c21. The molecule has 0 aliphatic heterocycles. The van der Waals surface area contributed by atoms with E-state index in [1.165, 1.54) is 66.1 Å². The highest BCUT2D eigenvalue weighted by Gasteiger charge is 2.37. The Morgan fingerprint density at radius 2 is 0.918 bits per heavy atom. The lowest BCUT2D eigenvalue weighted by atomic mass is 9.79. The normalized spacial score (nSPS) is 12.9. The van der Waals surface area contributed by atoms with Crippen LogP contribution in [0.5, 0.6) is 0 Å². The molecule has 0 bridgehead atoms. The summed E-state index contributed by atoms with van der Waals surface area (Å²) in [6.07, 6.45) is 0. The second-order valence-electron chi connectivity index (χ2n) is 16.8. The summed E-state index contributed by atoms with van der Waals surface area (Å²) < 4.78 is 6.59. The average molecular weight is 780 g/mol. The maximum atomic E-state index is 6.59. The molecule has 0 saturated carbocycles. The van der Waals surface area contributed by atoms with Gasteiger partial charge in [-0.3, -0.25) is 0 Å². The monoisotopic (exact) mass is 779 g/mol. The molecule has 1 heterocycles. The molecular formula is C59H41NO. The van der Waals surface area contributed by atoms with E-state index in [0.717, 1.165) is 50.1 Å². The first-order valence-electron chi connectivity index (χ1n) is 21.2. The lowest BCUT2D eigenvalue weighted by molar-refractivity contribution is 0.662. The van der Waals surface area contributed by atoms with Gasteiger partial charge in [-0.15, -0.1) is 0 Å². The zero-order chi connectivity index (χ0) is 40.7. The third-order valence-corrected chi connectivity index (χ3v) is 13.0. The van der Waals surface area contributed by atoms with Crippen LogP contribution in [0.3, 0.4) is 0 Å². The predicted molar refractivity (Wildman–Crippen MR) is 257 cm³/mol. The summed E-state index contributed by atoms with van der Waals surface area (Å²) in [7, 11) is 0. The molecule has 0 N–H and O–H groups in total. The number of anilines is 3. The van der Waals surface area contributed by atoms with Gasteiger partial charge in [-0.25, -0.2) is 0 Å². The molecule has 1 aliphatic carbocycles. The van der Waals surface area contributed by atoms with Crippen molar-refractivity contribution >= 4 is 60.5 Å². The summed E-state index contributed by atoms with van der Waals surface area (Å²) in [6, 6.07) is 77.4. The van der Waals surface area contributed by atoms with E-state index in [1.807, 2.05) is 0 Å². The largest absolute Gasteiger partial charge is 0.456 e. The molecule has 61 heavy (non-hydrogen) atoms. The number of benzene rings is 10. The fraction of sp³-hybridized carbons (Fsp3) is 0.0508. The first-order chi connectivity index (χ1) is 30.0. The summed E-state index contributed by atoms with van der Waals surface area (Å²) in [5, 5.41) is 7.11. The molecule has 0 spiro atoms. The Balaban J connectivity index is 1.03. The van der Waals surface area contributed by atoms with Crippen molar-refractivity contribution in [3.05, 3.63) is 223 Å². The van der Waals surface area contributed by atoms with Crippen molar-refractivity contribution in [3.63, 3.8) is 0 Å². The number of rotatable bonds is 6. The second-order valence-corrected chi connectivity index (χ2v) is 16.8. The van der Waals surface area contributed by atoms with E-state index in [1.54, 1.807) is 0 Å². The number of furan rings is 1. The van der Waals surface area contributed by atoms with Crippen molar-refractivity contribution < 1.29 is 4.42 Å². The van der Waals surface area contributed by atoms with Crippen LogP contribution in [-0.4, -0.2) is 0 Å². The molecule has 2 nitrogen and oxygen atoms in total. The Morgan fingerprint density at radius 1 is 0.377 bits per heavy atom. The number of nitrogens with zero attached hydrogens (tertiary/aromatic N) is 1. The van der Waals surface area contributed by atoms with Crippen molar-refractivity contribution in [1.82, 2.24) is 0 Å². The van der Waals surface area contributed by atoms with Crippen LogP contribution in [0.15, 0.2) is 217 Å². The van der Waals surface area contributed by atoms with Crippen molar-refractivity contribution in [2.45, 2.75) is 19.3 Å². The maximum absolute atomic E-state index is 6.59. The van der Waals surface area contributed by atoms with Crippen LogP contribution in [0, 0.1) is 0 Å². The molecule has 0 fully saturated rings. The van der Waals surface area contributed by atoms with Crippen molar-refractivity contribution in [3.8, 4) is 44.5 Å². The van der Waals surface area contributed by atoms with Gasteiger partial charge < -0.3 is 9.32 Å². The molecule has 1 aliphatic rings. The molecular weight excluding hydrogens is 739 g/mol. The van der Waals surface area contributed by atoms with Gasteiger partial charge in [0.05, 0.1) is 5.69 Å². The third-order valence-electron chi connectivity index (χ3n) is 13.0. The molecule has 11 aromatic rings. The molecule has 0 amide bonds. The molecule has 12 rings (SSSR count). The predicted octanol–water partition coefficient (Wildman–Crippen LogP) is 16.7. The first kappa shape index (κ1) is 35.3.